The SMILES string of the molecule is C=COCC.CCC[CH2][Sn]([CH2]CCC)[CH2]CCC. The summed E-state index contributed by atoms with van der Waals surface area (Å²) >= 11 is -0.839. The molecule has 0 aromatic heterocycles. The molecule has 0 rings (SSSR count). The van der Waals surface area contributed by atoms with Gasteiger partial charge in [-0.25, -0.2) is 0 Å². The van der Waals surface area contributed by atoms with Crippen molar-refractivity contribution in [1.29, 1.82) is 0 Å². The quantitative estimate of drug-likeness (QED) is 0.321. The van der Waals surface area contributed by atoms with Crippen LogP contribution in [0, 0.1) is 0 Å². The van der Waals surface area contributed by atoms with Gasteiger partial charge in [0.1, 0.15) is 0 Å². The molecule has 0 atom stereocenters. The van der Waals surface area contributed by atoms with Gasteiger partial charge in [-0.1, -0.05) is 6.58 Å². The van der Waals surface area contributed by atoms with Crippen LogP contribution in [0.3, 0.4) is 0 Å². The van der Waals surface area contributed by atoms with Gasteiger partial charge in [-0.05, 0) is 6.92 Å². The fraction of sp³-hybridized carbons (Fsp3) is 0.875. The van der Waals surface area contributed by atoms with Gasteiger partial charge in [-0.2, -0.15) is 0 Å². The van der Waals surface area contributed by atoms with Crippen molar-refractivity contribution in [2.45, 2.75) is 79.5 Å². The van der Waals surface area contributed by atoms with E-state index < -0.39 is 19.8 Å². The third-order valence-corrected chi connectivity index (χ3v) is 12.0. The second kappa shape index (κ2) is 19.7. The van der Waals surface area contributed by atoms with Gasteiger partial charge in [-0.15, -0.1) is 0 Å². The van der Waals surface area contributed by atoms with E-state index in [9.17, 15) is 0 Å². The molecule has 0 fully saturated rings. The van der Waals surface area contributed by atoms with Crippen molar-refractivity contribution in [1.82, 2.24) is 0 Å². The Morgan fingerprint density at radius 1 is 0.833 bits per heavy atom. The Bertz CT molecular complexity index is 129. The molecule has 0 amide bonds. The molecule has 0 N–H and O–H groups in total. The number of hydrogen-bond donors (Lipinski definition) is 0. The van der Waals surface area contributed by atoms with E-state index in [1.807, 2.05) is 6.92 Å². The fourth-order valence-electron chi connectivity index (χ4n) is 1.77. The van der Waals surface area contributed by atoms with E-state index in [0.717, 1.165) is 6.61 Å². The minimum absolute atomic E-state index is 0.726. The van der Waals surface area contributed by atoms with Gasteiger partial charge in [0, 0.05) is 0 Å². The summed E-state index contributed by atoms with van der Waals surface area (Å²) in [6.07, 6.45) is 10.3. The number of unbranched alkanes of at least 4 members (excludes halogenated alkanes) is 3. The summed E-state index contributed by atoms with van der Waals surface area (Å²) in [5.41, 5.74) is 0. The average Bonchev–Trinajstić information content (AvgIpc) is 2.39. The van der Waals surface area contributed by atoms with Crippen molar-refractivity contribution >= 4 is 19.8 Å². The van der Waals surface area contributed by atoms with Crippen molar-refractivity contribution in [3.05, 3.63) is 12.8 Å². The van der Waals surface area contributed by atoms with Crippen LogP contribution in [0.2, 0.25) is 13.3 Å². The summed E-state index contributed by atoms with van der Waals surface area (Å²) in [6, 6.07) is 0. The van der Waals surface area contributed by atoms with Crippen LogP contribution in [0.4, 0.5) is 0 Å². The van der Waals surface area contributed by atoms with Gasteiger partial charge in [0.15, 0.2) is 0 Å². The predicted molar refractivity (Wildman–Crippen MR) is 86.7 cm³/mol. The summed E-state index contributed by atoms with van der Waals surface area (Å²) in [4.78, 5) is 0. The maximum atomic E-state index is 4.60. The Hall–Kier alpha value is 0.339. The first-order valence-corrected chi connectivity index (χ1v) is 13.9. The Morgan fingerprint density at radius 3 is 1.39 bits per heavy atom. The maximum absolute atomic E-state index is 4.60. The van der Waals surface area contributed by atoms with Crippen molar-refractivity contribution in [2.75, 3.05) is 6.61 Å². The first-order valence-electron chi connectivity index (χ1n) is 7.82. The van der Waals surface area contributed by atoms with E-state index in [4.69, 9.17) is 0 Å². The molecule has 0 aromatic carbocycles. The van der Waals surface area contributed by atoms with E-state index in [2.05, 4.69) is 32.1 Å². The standard InChI is InChI=1S/C4H8O.3C4H9.Sn/c1-3-5-4-2;3*1-3-4-2;/h3H,1,4H2,2H3;3*1,3-4H2,2H3;. The summed E-state index contributed by atoms with van der Waals surface area (Å²) in [6.45, 7) is 13.0. The molecule has 0 bridgehead atoms. The molecular formula is C16H35OSn. The molecule has 0 spiro atoms. The number of hydrogen-bond acceptors (Lipinski definition) is 1. The zero-order valence-electron chi connectivity index (χ0n) is 13.3. The van der Waals surface area contributed by atoms with Gasteiger partial charge < -0.3 is 4.74 Å². The molecule has 2 heteroatoms. The monoisotopic (exact) mass is 363 g/mol. The van der Waals surface area contributed by atoms with Crippen LogP contribution in [0.25, 0.3) is 0 Å². The van der Waals surface area contributed by atoms with Crippen molar-refractivity contribution < 1.29 is 4.74 Å². The molecule has 0 heterocycles. The molecule has 0 saturated heterocycles. The van der Waals surface area contributed by atoms with Crippen LogP contribution in [-0.2, 0) is 4.74 Å². The van der Waals surface area contributed by atoms with Gasteiger partial charge in [0.2, 0.25) is 0 Å². The van der Waals surface area contributed by atoms with Crippen molar-refractivity contribution in [3.63, 3.8) is 0 Å². The van der Waals surface area contributed by atoms with E-state index in [1.54, 1.807) is 13.3 Å². The molecule has 0 unspecified atom stereocenters. The zero-order chi connectivity index (χ0) is 14.1. The summed E-state index contributed by atoms with van der Waals surface area (Å²) < 4.78 is 9.64. The van der Waals surface area contributed by atoms with E-state index >= 15 is 0 Å². The fourth-order valence-corrected chi connectivity index (χ4v) is 11.2. The molecule has 1 nitrogen and oxygen atoms in total. The Kier molecular flexibility index (Phi) is 22.6. The molecule has 0 aromatic rings. The number of rotatable bonds is 11. The number of ether oxygens (including phenoxy) is 1. The molecule has 18 heavy (non-hydrogen) atoms. The first kappa shape index (κ1) is 20.7. The molecule has 0 aliphatic heterocycles. The normalized spacial score (nSPS) is 9.83. The van der Waals surface area contributed by atoms with Gasteiger partial charge >= 0.3 is 92.4 Å². The van der Waals surface area contributed by atoms with Gasteiger partial charge in [0.05, 0.1) is 12.9 Å². The third kappa shape index (κ3) is 18.7. The van der Waals surface area contributed by atoms with E-state index in [0.29, 0.717) is 0 Å². The van der Waals surface area contributed by atoms with E-state index in [1.165, 1.54) is 44.8 Å². The van der Waals surface area contributed by atoms with Crippen LogP contribution in [0.1, 0.15) is 66.2 Å². The van der Waals surface area contributed by atoms with Crippen LogP contribution in [0.5, 0.6) is 0 Å². The second-order valence-corrected chi connectivity index (χ2v) is 13.2. The molecular weight excluding hydrogens is 327 g/mol. The van der Waals surface area contributed by atoms with Gasteiger partial charge in [-0.3, -0.25) is 0 Å². The molecule has 0 aliphatic rings. The molecule has 109 valence electrons. The van der Waals surface area contributed by atoms with Crippen LogP contribution < -0.4 is 0 Å². The summed E-state index contributed by atoms with van der Waals surface area (Å²) in [7, 11) is 0. The second-order valence-electron chi connectivity index (χ2n) is 4.68. The molecule has 0 saturated carbocycles. The first-order chi connectivity index (χ1) is 8.76. The predicted octanol–water partition coefficient (Wildman–Crippen LogP) is 6.05. The summed E-state index contributed by atoms with van der Waals surface area (Å²) in [5.74, 6) is 0. The molecule has 1 radical (unpaired) electrons. The van der Waals surface area contributed by atoms with Crippen LogP contribution >= 0.6 is 0 Å². The van der Waals surface area contributed by atoms with Gasteiger partial charge in [0.25, 0.3) is 0 Å². The molecule has 0 aliphatic carbocycles. The van der Waals surface area contributed by atoms with E-state index in [-0.39, 0.29) is 0 Å². The van der Waals surface area contributed by atoms with Crippen molar-refractivity contribution in [3.8, 4) is 0 Å². The van der Waals surface area contributed by atoms with Crippen LogP contribution in [-0.4, -0.2) is 26.4 Å². The van der Waals surface area contributed by atoms with Crippen LogP contribution in [0.15, 0.2) is 12.8 Å². The zero-order valence-corrected chi connectivity index (χ0v) is 16.1. The topological polar surface area (TPSA) is 9.23 Å². The average molecular weight is 362 g/mol. The summed E-state index contributed by atoms with van der Waals surface area (Å²) in [5, 5.41) is 0. The minimum atomic E-state index is -0.839. The Balaban J connectivity index is 0. The Labute approximate surface area is 123 Å². The van der Waals surface area contributed by atoms with Crippen molar-refractivity contribution in [2.24, 2.45) is 0 Å². The third-order valence-electron chi connectivity index (χ3n) is 2.94. The Morgan fingerprint density at radius 2 is 1.22 bits per heavy atom.